The molecule has 0 radical (unpaired) electrons. The molecule has 2 aliphatic carbocycles. The average Bonchev–Trinajstić information content (AvgIpc) is 3.06. The maximum Gasteiger partial charge on any atom is 0.225 e. The van der Waals surface area contributed by atoms with E-state index in [1.807, 2.05) is 18.2 Å². The van der Waals surface area contributed by atoms with E-state index in [0.29, 0.717) is 23.9 Å². The molecule has 2 fully saturated rings. The molecule has 0 atom stereocenters. The number of rotatable bonds is 3. The van der Waals surface area contributed by atoms with Crippen molar-refractivity contribution in [3.8, 4) is 0 Å². The average molecular weight is 421 g/mol. The Bertz CT molecular complexity index is 935. The van der Waals surface area contributed by atoms with Crippen LogP contribution in [0.5, 0.6) is 0 Å². The minimum absolute atomic E-state index is 0.0315. The summed E-state index contributed by atoms with van der Waals surface area (Å²) in [7, 11) is 0. The molecule has 2 N–H and O–H groups in total. The molecule has 0 saturated carbocycles. The number of fused-ring (bicyclic) bond motifs is 1. The standard InChI is InChI=1S/C25H32N4O2/c26-23-15-18(5-10-27-23)17-28-11-6-19(7-12-28)24(31)29-13-8-25(9-14-29)16-22(30)20-3-1-2-4-21(20)25/h1,3,5,10,15,19H,2,4,6-9,11-14,16-17H2,(H2,26,27). The van der Waals surface area contributed by atoms with E-state index < -0.39 is 0 Å². The Morgan fingerprint density at radius 3 is 2.71 bits per heavy atom. The van der Waals surface area contributed by atoms with Gasteiger partial charge in [-0.1, -0.05) is 17.7 Å². The van der Waals surface area contributed by atoms with Crippen molar-refractivity contribution in [2.75, 3.05) is 31.9 Å². The van der Waals surface area contributed by atoms with Gasteiger partial charge in [0.15, 0.2) is 5.78 Å². The van der Waals surface area contributed by atoms with Gasteiger partial charge in [-0.15, -0.1) is 0 Å². The molecule has 164 valence electrons. The lowest BCUT2D eigenvalue weighted by Gasteiger charge is -2.43. The number of carbonyl (C=O) groups is 2. The number of likely N-dealkylation sites (tertiary alicyclic amines) is 2. The SMILES string of the molecule is Nc1cc(CN2CCC(C(=O)N3CCC4(CC3)CC(=O)C3=C4CCC=C3)CC2)ccn1. The Balaban J connectivity index is 1.15. The minimum Gasteiger partial charge on any atom is -0.384 e. The van der Waals surface area contributed by atoms with Crippen LogP contribution in [0.25, 0.3) is 0 Å². The molecule has 5 rings (SSSR count). The molecule has 0 aromatic carbocycles. The van der Waals surface area contributed by atoms with Gasteiger partial charge in [0, 0.05) is 49.2 Å². The van der Waals surface area contributed by atoms with Gasteiger partial charge in [0.1, 0.15) is 5.82 Å². The third kappa shape index (κ3) is 3.93. The third-order valence-corrected chi connectivity index (χ3v) is 7.83. The summed E-state index contributed by atoms with van der Waals surface area (Å²) in [5, 5.41) is 0. The van der Waals surface area contributed by atoms with E-state index >= 15 is 0 Å². The number of amides is 1. The van der Waals surface area contributed by atoms with Gasteiger partial charge in [0.2, 0.25) is 5.91 Å². The fourth-order valence-electron chi connectivity index (χ4n) is 6.07. The number of nitrogen functional groups attached to an aromatic ring is 1. The minimum atomic E-state index is 0.0315. The summed E-state index contributed by atoms with van der Waals surface area (Å²) in [5.74, 6) is 1.32. The fraction of sp³-hybridized carbons (Fsp3) is 0.560. The van der Waals surface area contributed by atoms with Crippen LogP contribution >= 0.6 is 0 Å². The Morgan fingerprint density at radius 2 is 1.97 bits per heavy atom. The number of hydrogen-bond donors (Lipinski definition) is 1. The predicted molar refractivity (Wildman–Crippen MR) is 120 cm³/mol. The number of pyridine rings is 1. The van der Waals surface area contributed by atoms with Gasteiger partial charge in [-0.05, 0) is 69.3 Å². The summed E-state index contributed by atoms with van der Waals surface area (Å²) >= 11 is 0. The van der Waals surface area contributed by atoms with Gasteiger partial charge in [-0.2, -0.15) is 0 Å². The van der Waals surface area contributed by atoms with Crippen molar-refractivity contribution < 1.29 is 9.59 Å². The number of aromatic nitrogens is 1. The fourth-order valence-corrected chi connectivity index (χ4v) is 6.07. The summed E-state index contributed by atoms with van der Waals surface area (Å²) < 4.78 is 0. The predicted octanol–water partition coefficient (Wildman–Crippen LogP) is 3.10. The number of carbonyl (C=O) groups excluding carboxylic acids is 2. The number of anilines is 1. The van der Waals surface area contributed by atoms with Crippen LogP contribution in [0.2, 0.25) is 0 Å². The molecule has 6 heteroatoms. The van der Waals surface area contributed by atoms with Crippen LogP contribution < -0.4 is 5.73 Å². The largest absolute Gasteiger partial charge is 0.384 e. The van der Waals surface area contributed by atoms with E-state index in [2.05, 4.69) is 20.9 Å². The molecule has 2 saturated heterocycles. The Morgan fingerprint density at radius 1 is 1.19 bits per heavy atom. The summed E-state index contributed by atoms with van der Waals surface area (Å²) in [5.41, 5.74) is 9.37. The topological polar surface area (TPSA) is 79.5 Å². The number of piperidine rings is 2. The highest BCUT2D eigenvalue weighted by Gasteiger charge is 2.47. The van der Waals surface area contributed by atoms with Gasteiger partial charge in [0.25, 0.3) is 0 Å². The number of hydrogen-bond acceptors (Lipinski definition) is 5. The molecule has 3 heterocycles. The Labute approximate surface area is 184 Å². The number of Topliss-reactive ketones (excluding diaryl/α,β-unsaturated/α-hetero) is 1. The first-order valence-electron chi connectivity index (χ1n) is 11.7. The lowest BCUT2D eigenvalue weighted by Crippen LogP contribution is -2.47. The monoisotopic (exact) mass is 420 g/mol. The van der Waals surface area contributed by atoms with Crippen LogP contribution in [0, 0.1) is 11.3 Å². The third-order valence-electron chi connectivity index (χ3n) is 7.83. The van der Waals surface area contributed by atoms with Gasteiger partial charge in [-0.3, -0.25) is 14.5 Å². The molecule has 0 bridgehead atoms. The van der Waals surface area contributed by atoms with E-state index in [1.165, 1.54) is 11.1 Å². The molecule has 1 aromatic heterocycles. The second kappa shape index (κ2) is 8.23. The number of allylic oxidation sites excluding steroid dienone is 4. The van der Waals surface area contributed by atoms with Crippen molar-refractivity contribution in [2.45, 2.75) is 51.5 Å². The van der Waals surface area contributed by atoms with E-state index in [1.54, 1.807) is 6.20 Å². The summed E-state index contributed by atoms with van der Waals surface area (Å²) in [6.07, 6.45) is 12.4. The lowest BCUT2D eigenvalue weighted by atomic mass is 9.71. The second-order valence-corrected chi connectivity index (χ2v) is 9.68. The zero-order chi connectivity index (χ0) is 21.4. The van der Waals surface area contributed by atoms with Crippen molar-refractivity contribution in [1.29, 1.82) is 0 Å². The quantitative estimate of drug-likeness (QED) is 0.813. The summed E-state index contributed by atoms with van der Waals surface area (Å²) in [6.45, 7) is 4.33. The zero-order valence-electron chi connectivity index (χ0n) is 18.2. The van der Waals surface area contributed by atoms with E-state index in [4.69, 9.17) is 5.73 Å². The first kappa shape index (κ1) is 20.4. The van der Waals surface area contributed by atoms with Crippen molar-refractivity contribution in [3.05, 3.63) is 47.2 Å². The molecule has 0 unspecified atom stereocenters. The number of nitrogens with zero attached hydrogens (tertiary/aromatic N) is 3. The van der Waals surface area contributed by atoms with Crippen LogP contribution in [-0.2, 0) is 16.1 Å². The highest BCUT2D eigenvalue weighted by molar-refractivity contribution is 6.02. The maximum atomic E-state index is 13.2. The molecule has 1 spiro atoms. The Hall–Kier alpha value is -2.47. The zero-order valence-corrected chi connectivity index (χ0v) is 18.2. The maximum absolute atomic E-state index is 13.2. The highest BCUT2D eigenvalue weighted by Crippen LogP contribution is 2.51. The van der Waals surface area contributed by atoms with Crippen LogP contribution in [0.15, 0.2) is 41.6 Å². The number of nitrogens with two attached hydrogens (primary N) is 1. The van der Waals surface area contributed by atoms with Crippen LogP contribution in [0.1, 0.15) is 50.5 Å². The van der Waals surface area contributed by atoms with Crippen LogP contribution in [0.4, 0.5) is 5.82 Å². The van der Waals surface area contributed by atoms with E-state index in [9.17, 15) is 9.59 Å². The van der Waals surface area contributed by atoms with Gasteiger partial charge >= 0.3 is 0 Å². The molecule has 6 nitrogen and oxygen atoms in total. The first-order valence-corrected chi connectivity index (χ1v) is 11.7. The molecular formula is C25H32N4O2. The summed E-state index contributed by atoms with van der Waals surface area (Å²) in [4.78, 5) is 34.3. The lowest BCUT2D eigenvalue weighted by molar-refractivity contribution is -0.139. The molecule has 1 aromatic rings. The smallest absolute Gasteiger partial charge is 0.225 e. The van der Waals surface area contributed by atoms with Crippen molar-refractivity contribution in [1.82, 2.24) is 14.8 Å². The van der Waals surface area contributed by atoms with Gasteiger partial charge in [0.05, 0.1) is 0 Å². The van der Waals surface area contributed by atoms with E-state index in [0.717, 1.165) is 76.8 Å². The van der Waals surface area contributed by atoms with Crippen LogP contribution in [-0.4, -0.2) is 52.7 Å². The van der Waals surface area contributed by atoms with E-state index in [-0.39, 0.29) is 11.3 Å². The van der Waals surface area contributed by atoms with Crippen LogP contribution in [0.3, 0.4) is 0 Å². The second-order valence-electron chi connectivity index (χ2n) is 9.68. The summed E-state index contributed by atoms with van der Waals surface area (Å²) in [6, 6.07) is 3.94. The van der Waals surface area contributed by atoms with Crippen molar-refractivity contribution in [2.24, 2.45) is 11.3 Å². The molecule has 1 amide bonds. The highest BCUT2D eigenvalue weighted by atomic mass is 16.2. The van der Waals surface area contributed by atoms with Gasteiger partial charge in [-0.25, -0.2) is 4.98 Å². The Kier molecular flexibility index (Phi) is 5.42. The molecule has 2 aliphatic heterocycles. The normalized spacial score (nSPS) is 24.1. The van der Waals surface area contributed by atoms with Gasteiger partial charge < -0.3 is 10.6 Å². The van der Waals surface area contributed by atoms with Crippen molar-refractivity contribution in [3.63, 3.8) is 0 Å². The molecule has 4 aliphatic rings. The van der Waals surface area contributed by atoms with Crippen molar-refractivity contribution >= 4 is 17.5 Å². The molecular weight excluding hydrogens is 388 g/mol. The molecule has 31 heavy (non-hydrogen) atoms. The number of ketones is 1. The first-order chi connectivity index (χ1) is 15.0.